The third kappa shape index (κ3) is 3.15. The van der Waals surface area contributed by atoms with E-state index in [2.05, 4.69) is 75.7 Å². The van der Waals surface area contributed by atoms with Crippen molar-refractivity contribution in [2.75, 3.05) is 31.6 Å². The summed E-state index contributed by atoms with van der Waals surface area (Å²) < 4.78 is 12.2. The van der Waals surface area contributed by atoms with Crippen molar-refractivity contribution in [2.24, 2.45) is 0 Å². The average molecular weight is 316 g/mol. The molecule has 1 unspecified atom stereocenters. The fourth-order valence-corrected chi connectivity index (χ4v) is 3.10. The molecule has 0 N–H and O–H groups in total. The summed E-state index contributed by atoms with van der Waals surface area (Å²) in [5, 5.41) is 0. The van der Waals surface area contributed by atoms with Gasteiger partial charge in [-0.1, -0.05) is 12.1 Å². The van der Waals surface area contributed by atoms with Crippen LogP contribution in [0.1, 0.15) is 34.6 Å². The van der Waals surface area contributed by atoms with Crippen LogP contribution in [0, 0.1) is 0 Å². The molecular weight excluding hydrogens is 287 g/mol. The number of rotatable bonds is 2. The van der Waals surface area contributed by atoms with Gasteiger partial charge in [0.15, 0.2) is 0 Å². The number of benzene rings is 1. The Hall–Kier alpha value is -1.04. The molecule has 2 aliphatic heterocycles. The molecule has 23 heavy (non-hydrogen) atoms. The zero-order valence-corrected chi connectivity index (χ0v) is 15.3. The topological polar surface area (TPSA) is 24.9 Å². The first-order valence-electron chi connectivity index (χ1n) is 8.60. The average Bonchev–Trinajstić information content (AvgIpc) is 2.71. The largest absolute Gasteiger partial charge is 0.494 e. The molecule has 4 nitrogen and oxygen atoms in total. The molecule has 0 spiro atoms. The van der Waals surface area contributed by atoms with Gasteiger partial charge in [0.05, 0.1) is 11.2 Å². The number of likely N-dealkylation sites (N-methyl/N-ethyl adjacent to an activating group) is 1. The standard InChI is InChI=1S/C18H29BN2O2/c1-14-13-21(12-11-20(14)6)16-9-7-15(8-10-16)19-22-17(2,3)18(4,5)23-19/h7-10,14H,11-13H2,1-6H3. The molecule has 1 aromatic carbocycles. The van der Waals surface area contributed by atoms with Crippen LogP contribution in [0.25, 0.3) is 0 Å². The predicted molar refractivity (Wildman–Crippen MR) is 96.5 cm³/mol. The Kier molecular flexibility index (Phi) is 4.24. The molecule has 126 valence electrons. The summed E-state index contributed by atoms with van der Waals surface area (Å²) in [6, 6.07) is 9.25. The van der Waals surface area contributed by atoms with Gasteiger partial charge in [-0.3, -0.25) is 0 Å². The Bertz CT molecular complexity index is 543. The maximum Gasteiger partial charge on any atom is 0.494 e. The number of hydrogen-bond donors (Lipinski definition) is 0. The summed E-state index contributed by atoms with van der Waals surface area (Å²) in [6.45, 7) is 13.9. The van der Waals surface area contributed by atoms with Crippen LogP contribution in [0.5, 0.6) is 0 Å². The fraction of sp³-hybridized carbons (Fsp3) is 0.667. The van der Waals surface area contributed by atoms with E-state index in [9.17, 15) is 0 Å². The third-order valence-corrected chi connectivity index (χ3v) is 5.74. The van der Waals surface area contributed by atoms with E-state index in [4.69, 9.17) is 9.31 Å². The van der Waals surface area contributed by atoms with Crippen LogP contribution in [0.3, 0.4) is 0 Å². The van der Waals surface area contributed by atoms with E-state index in [1.807, 2.05) is 0 Å². The second kappa shape index (κ2) is 5.80. The summed E-state index contributed by atoms with van der Waals surface area (Å²) >= 11 is 0. The Morgan fingerprint density at radius 1 is 1.00 bits per heavy atom. The van der Waals surface area contributed by atoms with Gasteiger partial charge in [-0.15, -0.1) is 0 Å². The first kappa shape index (κ1) is 16.8. The van der Waals surface area contributed by atoms with Gasteiger partial charge in [0, 0.05) is 31.4 Å². The van der Waals surface area contributed by atoms with Crippen molar-refractivity contribution in [1.29, 1.82) is 0 Å². The highest BCUT2D eigenvalue weighted by Gasteiger charge is 2.51. The molecule has 0 aromatic heterocycles. The normalized spacial score (nSPS) is 27.5. The number of nitrogens with zero attached hydrogens (tertiary/aromatic N) is 2. The van der Waals surface area contributed by atoms with Gasteiger partial charge >= 0.3 is 7.12 Å². The first-order valence-corrected chi connectivity index (χ1v) is 8.60. The van der Waals surface area contributed by atoms with Crippen molar-refractivity contribution in [2.45, 2.75) is 51.9 Å². The van der Waals surface area contributed by atoms with Crippen molar-refractivity contribution in [1.82, 2.24) is 4.90 Å². The highest BCUT2D eigenvalue weighted by molar-refractivity contribution is 6.62. The fourth-order valence-electron chi connectivity index (χ4n) is 3.10. The second-order valence-corrected chi connectivity index (χ2v) is 7.96. The molecule has 5 heteroatoms. The minimum Gasteiger partial charge on any atom is -0.399 e. The Morgan fingerprint density at radius 2 is 1.57 bits per heavy atom. The van der Waals surface area contributed by atoms with E-state index in [0.717, 1.165) is 25.1 Å². The molecule has 0 bridgehead atoms. The zero-order valence-electron chi connectivity index (χ0n) is 15.3. The van der Waals surface area contributed by atoms with E-state index in [1.165, 1.54) is 5.69 Å². The second-order valence-electron chi connectivity index (χ2n) is 7.96. The van der Waals surface area contributed by atoms with Gasteiger partial charge in [0.1, 0.15) is 0 Å². The lowest BCUT2D eigenvalue weighted by molar-refractivity contribution is 0.00578. The van der Waals surface area contributed by atoms with Crippen molar-refractivity contribution in [3.8, 4) is 0 Å². The zero-order chi connectivity index (χ0) is 16.8. The quantitative estimate of drug-likeness (QED) is 0.781. The third-order valence-electron chi connectivity index (χ3n) is 5.74. The lowest BCUT2D eigenvalue weighted by atomic mass is 9.79. The number of hydrogen-bond acceptors (Lipinski definition) is 4. The molecule has 0 aliphatic carbocycles. The molecule has 2 saturated heterocycles. The number of piperazine rings is 1. The molecule has 0 radical (unpaired) electrons. The Labute approximate surface area is 140 Å². The molecule has 0 amide bonds. The molecule has 3 rings (SSSR count). The van der Waals surface area contributed by atoms with Gasteiger partial charge in [-0.2, -0.15) is 0 Å². The summed E-state index contributed by atoms with van der Waals surface area (Å²) in [7, 11) is 1.92. The first-order chi connectivity index (χ1) is 10.7. The Morgan fingerprint density at radius 3 is 2.09 bits per heavy atom. The SMILES string of the molecule is CC1CN(c2ccc(B3OC(C)(C)C(C)(C)O3)cc2)CCN1C. The van der Waals surface area contributed by atoms with E-state index in [-0.39, 0.29) is 18.3 Å². The highest BCUT2D eigenvalue weighted by Crippen LogP contribution is 2.36. The summed E-state index contributed by atoms with van der Waals surface area (Å²) in [5.41, 5.74) is 1.80. The van der Waals surface area contributed by atoms with Crippen LogP contribution >= 0.6 is 0 Å². The molecule has 1 atom stereocenters. The van der Waals surface area contributed by atoms with Crippen molar-refractivity contribution in [3.05, 3.63) is 24.3 Å². The van der Waals surface area contributed by atoms with Gasteiger partial charge < -0.3 is 19.1 Å². The molecule has 2 aliphatic rings. The van der Waals surface area contributed by atoms with Gasteiger partial charge in [-0.05, 0) is 59.3 Å². The van der Waals surface area contributed by atoms with E-state index < -0.39 is 0 Å². The van der Waals surface area contributed by atoms with Crippen molar-refractivity contribution in [3.63, 3.8) is 0 Å². The van der Waals surface area contributed by atoms with Gasteiger partial charge in [0.2, 0.25) is 0 Å². The van der Waals surface area contributed by atoms with Crippen molar-refractivity contribution < 1.29 is 9.31 Å². The summed E-state index contributed by atoms with van der Waals surface area (Å²) in [6.07, 6.45) is 0. The van der Waals surface area contributed by atoms with Crippen LogP contribution in [0.2, 0.25) is 0 Å². The smallest absolute Gasteiger partial charge is 0.399 e. The lowest BCUT2D eigenvalue weighted by Crippen LogP contribution is -2.50. The molecule has 0 saturated carbocycles. The van der Waals surface area contributed by atoms with Crippen LogP contribution < -0.4 is 10.4 Å². The molecular formula is C18H29BN2O2. The number of anilines is 1. The summed E-state index contributed by atoms with van der Waals surface area (Å²) in [4.78, 5) is 4.87. The summed E-state index contributed by atoms with van der Waals surface area (Å²) in [5.74, 6) is 0. The van der Waals surface area contributed by atoms with Crippen LogP contribution in [-0.2, 0) is 9.31 Å². The van der Waals surface area contributed by atoms with Crippen molar-refractivity contribution >= 4 is 18.3 Å². The van der Waals surface area contributed by atoms with E-state index >= 15 is 0 Å². The van der Waals surface area contributed by atoms with Crippen LogP contribution in [0.4, 0.5) is 5.69 Å². The van der Waals surface area contributed by atoms with E-state index in [0.29, 0.717) is 6.04 Å². The lowest BCUT2D eigenvalue weighted by Gasteiger charge is -2.39. The highest BCUT2D eigenvalue weighted by atomic mass is 16.7. The van der Waals surface area contributed by atoms with Crippen LogP contribution in [0.15, 0.2) is 24.3 Å². The maximum atomic E-state index is 6.12. The monoisotopic (exact) mass is 316 g/mol. The Balaban J connectivity index is 1.71. The molecule has 2 heterocycles. The minimum atomic E-state index is -0.288. The molecule has 2 fully saturated rings. The van der Waals surface area contributed by atoms with Gasteiger partial charge in [0.25, 0.3) is 0 Å². The van der Waals surface area contributed by atoms with Crippen LogP contribution in [-0.4, -0.2) is 55.9 Å². The molecule has 1 aromatic rings. The van der Waals surface area contributed by atoms with E-state index in [1.54, 1.807) is 0 Å². The van der Waals surface area contributed by atoms with Gasteiger partial charge in [-0.25, -0.2) is 0 Å². The maximum absolute atomic E-state index is 6.12. The minimum absolute atomic E-state index is 0.277. The predicted octanol–water partition coefficient (Wildman–Crippen LogP) is 2.13.